The molecule has 0 aliphatic carbocycles. The van der Waals surface area contributed by atoms with Crippen LogP contribution in [0.3, 0.4) is 0 Å². The van der Waals surface area contributed by atoms with Gasteiger partial charge in [-0.1, -0.05) is 35.5 Å². The van der Waals surface area contributed by atoms with E-state index in [4.69, 9.17) is 14.7 Å². The summed E-state index contributed by atoms with van der Waals surface area (Å²) in [6.07, 6.45) is 0. The molecule has 102 valence electrons. The van der Waals surface area contributed by atoms with Crippen LogP contribution in [0, 0.1) is 0 Å². The second-order valence-corrected chi connectivity index (χ2v) is 4.66. The fraction of sp³-hybridized carbons (Fsp3) is 0. The molecule has 4 aromatic rings. The molecule has 5 heteroatoms. The summed E-state index contributed by atoms with van der Waals surface area (Å²) in [5, 5.41) is 4.96. The van der Waals surface area contributed by atoms with Crippen molar-refractivity contribution in [3.05, 3.63) is 54.6 Å². The molecule has 0 aliphatic heterocycles. The molecule has 0 atom stereocenters. The van der Waals surface area contributed by atoms with Gasteiger partial charge >= 0.3 is 0 Å². The lowest BCUT2D eigenvalue weighted by Gasteiger charge is -1.97. The van der Waals surface area contributed by atoms with Crippen LogP contribution in [-0.2, 0) is 0 Å². The van der Waals surface area contributed by atoms with Gasteiger partial charge in [0.25, 0.3) is 5.89 Å². The monoisotopic (exact) mass is 277 g/mol. The van der Waals surface area contributed by atoms with Gasteiger partial charge in [0, 0.05) is 16.6 Å². The van der Waals surface area contributed by atoms with E-state index in [1.165, 1.54) is 0 Å². The second-order valence-electron chi connectivity index (χ2n) is 4.66. The Morgan fingerprint density at radius 1 is 0.952 bits per heavy atom. The second kappa shape index (κ2) is 4.49. The topological polar surface area (TPSA) is 78.1 Å². The number of nitrogens with zero attached hydrogens (tertiary/aromatic N) is 2. The Balaban J connectivity index is 1.79. The van der Waals surface area contributed by atoms with E-state index in [-0.39, 0.29) is 0 Å². The van der Waals surface area contributed by atoms with E-state index in [1.54, 1.807) is 6.07 Å². The van der Waals surface area contributed by atoms with Gasteiger partial charge in [-0.05, 0) is 24.3 Å². The highest BCUT2D eigenvalue weighted by molar-refractivity contribution is 5.81. The Morgan fingerprint density at radius 3 is 2.62 bits per heavy atom. The summed E-state index contributed by atoms with van der Waals surface area (Å²) < 4.78 is 11.0. The fourth-order valence-corrected chi connectivity index (χ4v) is 2.22. The van der Waals surface area contributed by atoms with Gasteiger partial charge in [-0.15, -0.1) is 0 Å². The average molecular weight is 277 g/mol. The zero-order valence-electron chi connectivity index (χ0n) is 11.0. The Labute approximate surface area is 120 Å². The van der Waals surface area contributed by atoms with E-state index in [0.717, 1.165) is 16.5 Å². The van der Waals surface area contributed by atoms with E-state index >= 15 is 0 Å². The Kier molecular flexibility index (Phi) is 2.50. The summed E-state index contributed by atoms with van der Waals surface area (Å²) in [6.45, 7) is 0. The summed E-state index contributed by atoms with van der Waals surface area (Å²) in [7, 11) is 0. The van der Waals surface area contributed by atoms with Gasteiger partial charge < -0.3 is 14.7 Å². The van der Waals surface area contributed by atoms with E-state index < -0.39 is 0 Å². The van der Waals surface area contributed by atoms with Gasteiger partial charge in [0.15, 0.2) is 5.76 Å². The maximum Gasteiger partial charge on any atom is 0.293 e. The first kappa shape index (κ1) is 11.7. The van der Waals surface area contributed by atoms with Crippen molar-refractivity contribution < 1.29 is 8.94 Å². The number of nitrogen functional groups attached to an aromatic ring is 1. The molecule has 4 rings (SSSR count). The molecular weight excluding hydrogens is 266 g/mol. The van der Waals surface area contributed by atoms with Crippen molar-refractivity contribution in [1.29, 1.82) is 0 Å². The van der Waals surface area contributed by atoms with E-state index in [0.29, 0.717) is 23.2 Å². The Morgan fingerprint density at radius 2 is 1.76 bits per heavy atom. The maximum atomic E-state index is 5.92. The molecule has 0 saturated carbocycles. The van der Waals surface area contributed by atoms with Crippen LogP contribution in [0.4, 0.5) is 5.69 Å². The molecule has 0 amide bonds. The minimum atomic E-state index is 0.337. The highest BCUT2D eigenvalue weighted by Gasteiger charge is 2.15. The van der Waals surface area contributed by atoms with Crippen LogP contribution in [-0.4, -0.2) is 10.1 Å². The lowest BCUT2D eigenvalue weighted by molar-refractivity contribution is 0.420. The third-order valence-electron chi connectivity index (χ3n) is 3.26. The molecule has 0 bridgehead atoms. The lowest BCUT2D eigenvalue weighted by Crippen LogP contribution is -1.90. The van der Waals surface area contributed by atoms with Crippen molar-refractivity contribution in [2.45, 2.75) is 0 Å². The number of rotatable bonds is 2. The summed E-state index contributed by atoms with van der Waals surface area (Å²) >= 11 is 0. The molecule has 0 radical (unpaired) electrons. The largest absolute Gasteiger partial charge is 0.451 e. The van der Waals surface area contributed by atoms with Gasteiger partial charge in [0.05, 0.1) is 0 Å². The van der Waals surface area contributed by atoms with Crippen LogP contribution >= 0.6 is 0 Å². The van der Waals surface area contributed by atoms with Crippen molar-refractivity contribution in [3.63, 3.8) is 0 Å². The third-order valence-corrected chi connectivity index (χ3v) is 3.26. The van der Waals surface area contributed by atoms with Crippen molar-refractivity contribution in [2.75, 3.05) is 5.73 Å². The van der Waals surface area contributed by atoms with Gasteiger partial charge in [-0.3, -0.25) is 0 Å². The highest BCUT2D eigenvalue weighted by atomic mass is 16.5. The van der Waals surface area contributed by atoms with Crippen LogP contribution < -0.4 is 5.73 Å². The standard InChI is InChI=1S/C16H11N3O2/c17-12-7-3-2-6-11(12)15-18-16(21-19-15)14-9-10-5-1-4-8-13(10)20-14/h1-9H,17H2. The summed E-state index contributed by atoms with van der Waals surface area (Å²) in [6, 6.07) is 17.0. The maximum absolute atomic E-state index is 5.92. The summed E-state index contributed by atoms with van der Waals surface area (Å²) in [4.78, 5) is 4.36. The fourth-order valence-electron chi connectivity index (χ4n) is 2.22. The number of aromatic nitrogens is 2. The van der Waals surface area contributed by atoms with E-state index in [2.05, 4.69) is 10.1 Å². The average Bonchev–Trinajstić information content (AvgIpc) is 3.14. The van der Waals surface area contributed by atoms with Gasteiger partial charge in [-0.2, -0.15) is 4.98 Å². The number of fused-ring (bicyclic) bond motifs is 1. The SMILES string of the molecule is Nc1ccccc1-c1noc(-c2cc3ccccc3o2)n1. The molecule has 0 saturated heterocycles. The molecule has 0 aliphatic rings. The first-order valence-corrected chi connectivity index (χ1v) is 6.49. The third kappa shape index (κ3) is 1.95. The number of para-hydroxylation sites is 2. The number of hydrogen-bond acceptors (Lipinski definition) is 5. The molecule has 2 aromatic heterocycles. The number of nitrogens with two attached hydrogens (primary N) is 1. The van der Waals surface area contributed by atoms with E-state index in [9.17, 15) is 0 Å². The molecule has 0 spiro atoms. The van der Waals surface area contributed by atoms with Crippen LogP contribution in [0.1, 0.15) is 0 Å². The predicted octanol–water partition coefficient (Wildman–Crippen LogP) is 3.73. The van der Waals surface area contributed by atoms with Gasteiger partial charge in [-0.25, -0.2) is 0 Å². The van der Waals surface area contributed by atoms with Crippen LogP contribution in [0.5, 0.6) is 0 Å². The lowest BCUT2D eigenvalue weighted by atomic mass is 10.2. The predicted molar refractivity (Wildman–Crippen MR) is 79.4 cm³/mol. The molecule has 21 heavy (non-hydrogen) atoms. The Bertz CT molecular complexity index is 891. The highest BCUT2D eigenvalue weighted by Crippen LogP contribution is 2.29. The number of hydrogen-bond donors (Lipinski definition) is 1. The quantitative estimate of drug-likeness (QED) is 0.565. The molecule has 0 unspecified atom stereocenters. The molecule has 0 fully saturated rings. The summed E-state index contributed by atoms with van der Waals surface area (Å²) in [5.41, 5.74) is 8.05. The van der Waals surface area contributed by atoms with Crippen molar-refractivity contribution in [1.82, 2.24) is 10.1 Å². The molecule has 5 nitrogen and oxygen atoms in total. The summed E-state index contributed by atoms with van der Waals surface area (Å²) in [5.74, 6) is 1.33. The van der Waals surface area contributed by atoms with Gasteiger partial charge in [0.2, 0.25) is 5.82 Å². The van der Waals surface area contributed by atoms with Crippen molar-refractivity contribution in [3.8, 4) is 23.0 Å². The van der Waals surface area contributed by atoms with Crippen molar-refractivity contribution in [2.24, 2.45) is 0 Å². The number of benzene rings is 2. The minimum Gasteiger partial charge on any atom is -0.451 e. The first-order valence-electron chi connectivity index (χ1n) is 6.49. The number of anilines is 1. The van der Waals surface area contributed by atoms with Crippen LogP contribution in [0.25, 0.3) is 34.0 Å². The zero-order valence-corrected chi connectivity index (χ0v) is 11.0. The van der Waals surface area contributed by atoms with E-state index in [1.807, 2.05) is 48.5 Å². The minimum absolute atomic E-state index is 0.337. The molecule has 2 N–H and O–H groups in total. The first-order chi connectivity index (χ1) is 10.3. The molecule has 2 heterocycles. The van der Waals surface area contributed by atoms with Crippen LogP contribution in [0.15, 0.2) is 63.5 Å². The Hall–Kier alpha value is -3.08. The normalized spacial score (nSPS) is 11.0. The zero-order chi connectivity index (χ0) is 14.2. The van der Waals surface area contributed by atoms with Crippen LogP contribution in [0.2, 0.25) is 0 Å². The smallest absolute Gasteiger partial charge is 0.293 e. The molecular formula is C16H11N3O2. The molecule has 2 aromatic carbocycles. The van der Waals surface area contributed by atoms with Crippen molar-refractivity contribution >= 4 is 16.7 Å². The number of furan rings is 1. The van der Waals surface area contributed by atoms with Gasteiger partial charge in [0.1, 0.15) is 5.58 Å².